The molecule has 3 rings (SSSR count). The van der Waals surface area contributed by atoms with Crippen LogP contribution in [0, 0.1) is 0 Å². The van der Waals surface area contributed by atoms with Crippen molar-refractivity contribution in [3.05, 3.63) is 75.1 Å². The van der Waals surface area contributed by atoms with E-state index in [0.29, 0.717) is 27.4 Å². The second-order valence-electron chi connectivity index (χ2n) is 4.88. The number of amides is 1. The first-order valence-corrected chi connectivity index (χ1v) is 8.58. The molecule has 0 spiro atoms. The Morgan fingerprint density at radius 3 is 3.00 bits per heavy atom. The summed E-state index contributed by atoms with van der Waals surface area (Å²) in [6.45, 7) is 0. The Kier molecular flexibility index (Phi) is 5.35. The normalized spacial score (nSPS) is 11.1. The highest BCUT2D eigenvalue weighted by atomic mass is 35.5. The van der Waals surface area contributed by atoms with Gasteiger partial charge in [-0.1, -0.05) is 23.2 Å². The Balaban J connectivity index is 1.63. The minimum absolute atomic E-state index is 0.270. The summed E-state index contributed by atoms with van der Waals surface area (Å²) in [6.07, 6.45) is 6.86. The third kappa shape index (κ3) is 4.47. The van der Waals surface area contributed by atoms with E-state index in [1.807, 2.05) is 6.07 Å². The largest absolute Gasteiger partial charge is 0.465 e. The van der Waals surface area contributed by atoms with E-state index in [2.05, 4.69) is 10.3 Å². The van der Waals surface area contributed by atoms with Crippen LogP contribution < -0.4 is 5.32 Å². The monoisotopic (exact) mass is 378 g/mol. The summed E-state index contributed by atoms with van der Waals surface area (Å²) in [5.74, 6) is 0.341. The predicted octanol–water partition coefficient (Wildman–Crippen LogP) is 5.29. The van der Waals surface area contributed by atoms with Crippen LogP contribution in [0.1, 0.15) is 16.2 Å². The molecule has 0 aliphatic heterocycles. The van der Waals surface area contributed by atoms with Crippen LogP contribution in [-0.4, -0.2) is 10.9 Å². The highest BCUT2D eigenvalue weighted by molar-refractivity contribution is 7.15. The molecule has 0 aliphatic carbocycles. The Labute approximate surface area is 152 Å². The molecule has 0 radical (unpaired) electrons. The molecule has 0 fully saturated rings. The third-order valence-corrected chi connectivity index (χ3v) is 4.61. The molecule has 4 nitrogen and oxygen atoms in total. The van der Waals surface area contributed by atoms with Gasteiger partial charge in [0.1, 0.15) is 5.76 Å². The van der Waals surface area contributed by atoms with Gasteiger partial charge in [0.2, 0.25) is 5.91 Å². The van der Waals surface area contributed by atoms with Gasteiger partial charge in [-0.15, -0.1) is 11.3 Å². The van der Waals surface area contributed by atoms with Gasteiger partial charge in [-0.3, -0.25) is 10.1 Å². The van der Waals surface area contributed by atoms with Crippen molar-refractivity contribution >= 4 is 51.7 Å². The third-order valence-electron chi connectivity index (χ3n) is 3.10. The van der Waals surface area contributed by atoms with Gasteiger partial charge in [-0.05, 0) is 42.0 Å². The fourth-order valence-electron chi connectivity index (χ4n) is 2.00. The number of nitrogens with zero attached hydrogens (tertiary/aromatic N) is 1. The number of anilines is 1. The molecule has 0 saturated carbocycles. The first-order valence-electron chi connectivity index (χ1n) is 7.01. The van der Waals surface area contributed by atoms with Crippen molar-refractivity contribution in [1.29, 1.82) is 0 Å². The summed E-state index contributed by atoms with van der Waals surface area (Å²) in [5.41, 5.74) is 0.920. The molecule has 0 saturated heterocycles. The van der Waals surface area contributed by atoms with Crippen molar-refractivity contribution in [1.82, 2.24) is 4.98 Å². The van der Waals surface area contributed by atoms with Gasteiger partial charge in [-0.25, -0.2) is 4.98 Å². The van der Waals surface area contributed by atoms with Crippen LogP contribution in [0.25, 0.3) is 6.08 Å². The molecule has 1 N–H and O–H groups in total. The minimum atomic E-state index is -0.270. The summed E-state index contributed by atoms with van der Waals surface area (Å²) >= 11 is 13.5. The highest BCUT2D eigenvalue weighted by Crippen LogP contribution is 2.26. The first-order chi connectivity index (χ1) is 11.6. The van der Waals surface area contributed by atoms with Crippen LogP contribution in [-0.2, 0) is 11.2 Å². The van der Waals surface area contributed by atoms with Gasteiger partial charge in [0, 0.05) is 33.6 Å². The van der Waals surface area contributed by atoms with E-state index in [0.717, 1.165) is 10.4 Å². The number of hydrogen-bond acceptors (Lipinski definition) is 4. The van der Waals surface area contributed by atoms with Gasteiger partial charge in [0.05, 0.1) is 6.26 Å². The van der Waals surface area contributed by atoms with Crippen molar-refractivity contribution in [2.45, 2.75) is 6.42 Å². The number of carbonyl (C=O) groups excluding carboxylic acids is 1. The fourth-order valence-corrected chi connectivity index (χ4v) is 3.22. The van der Waals surface area contributed by atoms with E-state index < -0.39 is 0 Å². The summed E-state index contributed by atoms with van der Waals surface area (Å²) in [7, 11) is 0. The Morgan fingerprint density at radius 2 is 2.21 bits per heavy atom. The maximum Gasteiger partial charge on any atom is 0.250 e. The van der Waals surface area contributed by atoms with Crippen LogP contribution in [0.5, 0.6) is 0 Å². The number of furan rings is 1. The van der Waals surface area contributed by atoms with E-state index in [-0.39, 0.29) is 5.91 Å². The van der Waals surface area contributed by atoms with Crippen LogP contribution >= 0.6 is 34.5 Å². The molecule has 7 heteroatoms. The van der Waals surface area contributed by atoms with Crippen molar-refractivity contribution < 1.29 is 9.21 Å². The number of benzene rings is 1. The second kappa shape index (κ2) is 7.66. The zero-order valence-corrected chi connectivity index (χ0v) is 14.7. The van der Waals surface area contributed by atoms with Crippen molar-refractivity contribution in [3.63, 3.8) is 0 Å². The van der Waals surface area contributed by atoms with Crippen molar-refractivity contribution in [3.8, 4) is 0 Å². The lowest BCUT2D eigenvalue weighted by atomic mass is 10.1. The van der Waals surface area contributed by atoms with E-state index in [9.17, 15) is 4.79 Å². The standard InChI is InChI=1S/C17H12Cl2N2O2S/c18-12-3-5-15(19)11(8-12)9-14-10-20-17(24-14)21-16(22)6-4-13-2-1-7-23-13/h1-8,10H,9H2,(H,20,21,22)/b6-4-. The number of rotatable bonds is 5. The first kappa shape index (κ1) is 16.8. The quantitative estimate of drug-likeness (QED) is 0.613. The molecule has 0 aliphatic rings. The molecule has 0 unspecified atom stereocenters. The predicted molar refractivity (Wildman–Crippen MR) is 97.8 cm³/mol. The lowest BCUT2D eigenvalue weighted by Crippen LogP contribution is -2.06. The van der Waals surface area contributed by atoms with Gasteiger partial charge < -0.3 is 4.42 Å². The van der Waals surface area contributed by atoms with E-state index in [1.165, 1.54) is 17.4 Å². The Bertz CT molecular complexity index is 873. The Hall–Kier alpha value is -2.08. The number of hydrogen-bond donors (Lipinski definition) is 1. The van der Waals surface area contributed by atoms with Crippen LogP contribution in [0.4, 0.5) is 5.13 Å². The van der Waals surface area contributed by atoms with Crippen LogP contribution in [0.15, 0.2) is 53.3 Å². The molecule has 2 aromatic heterocycles. The zero-order chi connectivity index (χ0) is 16.9. The van der Waals surface area contributed by atoms with Gasteiger partial charge in [-0.2, -0.15) is 0 Å². The van der Waals surface area contributed by atoms with Crippen LogP contribution in [0.2, 0.25) is 10.0 Å². The number of nitrogens with one attached hydrogen (secondary N) is 1. The molecule has 24 heavy (non-hydrogen) atoms. The number of carbonyl (C=O) groups is 1. The number of halogens is 2. The zero-order valence-electron chi connectivity index (χ0n) is 12.3. The summed E-state index contributed by atoms with van der Waals surface area (Å²) in [6, 6.07) is 8.86. The maximum absolute atomic E-state index is 11.9. The van der Waals surface area contributed by atoms with Gasteiger partial charge >= 0.3 is 0 Å². The molecule has 0 atom stereocenters. The molecular weight excluding hydrogens is 367 g/mol. The maximum atomic E-state index is 11.9. The second-order valence-corrected chi connectivity index (χ2v) is 6.84. The molecular formula is C17H12Cl2N2O2S. The number of thiazole rings is 1. The molecule has 2 heterocycles. The average molecular weight is 379 g/mol. The number of aromatic nitrogens is 1. The fraction of sp³-hybridized carbons (Fsp3) is 0.0588. The summed E-state index contributed by atoms with van der Waals surface area (Å²) in [5, 5.41) is 4.53. The molecule has 122 valence electrons. The van der Waals surface area contributed by atoms with Gasteiger partial charge in [0.25, 0.3) is 0 Å². The lowest BCUT2D eigenvalue weighted by Gasteiger charge is -2.02. The topological polar surface area (TPSA) is 55.1 Å². The van der Waals surface area contributed by atoms with Crippen molar-refractivity contribution in [2.24, 2.45) is 0 Å². The minimum Gasteiger partial charge on any atom is -0.465 e. The average Bonchev–Trinajstić information content (AvgIpc) is 3.21. The lowest BCUT2D eigenvalue weighted by molar-refractivity contribution is -0.111. The smallest absolute Gasteiger partial charge is 0.250 e. The van der Waals surface area contributed by atoms with Gasteiger partial charge in [0.15, 0.2) is 5.13 Å². The Morgan fingerprint density at radius 1 is 1.33 bits per heavy atom. The van der Waals surface area contributed by atoms with Crippen molar-refractivity contribution in [2.75, 3.05) is 5.32 Å². The molecule has 3 aromatic rings. The van der Waals surface area contributed by atoms with Crippen LogP contribution in [0.3, 0.4) is 0 Å². The van der Waals surface area contributed by atoms with E-state index in [1.54, 1.807) is 42.8 Å². The summed E-state index contributed by atoms with van der Waals surface area (Å²) < 4.78 is 5.12. The van der Waals surface area contributed by atoms with E-state index in [4.69, 9.17) is 27.6 Å². The molecule has 1 aromatic carbocycles. The SMILES string of the molecule is O=C(/C=C\c1ccco1)Nc1ncc(Cc2cc(Cl)ccc2Cl)s1. The molecule has 1 amide bonds. The highest BCUT2D eigenvalue weighted by Gasteiger charge is 2.08. The summed E-state index contributed by atoms with van der Waals surface area (Å²) in [4.78, 5) is 17.0. The molecule has 0 bridgehead atoms. The van der Waals surface area contributed by atoms with E-state index >= 15 is 0 Å².